The molecule has 0 atom stereocenters. The molecule has 20 heavy (non-hydrogen) atoms. The van der Waals surface area contributed by atoms with Gasteiger partial charge in [0.05, 0.1) is 23.2 Å². The Hall–Kier alpha value is -1.34. The number of carbonyl (C=O) groups excluding carboxylic acids is 1. The smallest absolute Gasteiger partial charge is 0.357 e. The van der Waals surface area contributed by atoms with Gasteiger partial charge >= 0.3 is 5.97 Å². The maximum absolute atomic E-state index is 11.7. The Morgan fingerprint density at radius 1 is 1.30 bits per heavy atom. The summed E-state index contributed by atoms with van der Waals surface area (Å²) in [7, 11) is 4.64. The molecule has 0 amide bonds. The fraction of sp³-hybridized carbons (Fsp3) is 0.231. The van der Waals surface area contributed by atoms with Crippen molar-refractivity contribution < 1.29 is 14.3 Å². The molecule has 0 fully saturated rings. The van der Waals surface area contributed by atoms with Gasteiger partial charge in [-0.1, -0.05) is 0 Å². The van der Waals surface area contributed by atoms with Gasteiger partial charge in [0.1, 0.15) is 11.4 Å². The van der Waals surface area contributed by atoms with Crippen LogP contribution in [0.15, 0.2) is 27.1 Å². The molecule has 1 heterocycles. The fourth-order valence-electron chi connectivity index (χ4n) is 1.81. The Balaban J connectivity index is 2.54. The predicted octanol–water partition coefficient (Wildman–Crippen LogP) is 3.41. The van der Waals surface area contributed by atoms with E-state index in [1.165, 1.54) is 11.8 Å². The molecule has 1 aromatic carbocycles. The highest BCUT2D eigenvalue weighted by molar-refractivity contribution is 9.11. The van der Waals surface area contributed by atoms with Crippen molar-refractivity contribution in [3.8, 4) is 17.0 Å². The zero-order valence-corrected chi connectivity index (χ0v) is 14.3. The van der Waals surface area contributed by atoms with E-state index in [0.717, 1.165) is 15.8 Å². The van der Waals surface area contributed by atoms with Gasteiger partial charge in [-0.3, -0.25) is 4.68 Å². The number of nitrogens with zero attached hydrogens (tertiary/aromatic N) is 2. The molecule has 0 radical (unpaired) electrons. The fourth-order valence-corrected chi connectivity index (χ4v) is 3.08. The molecule has 0 saturated carbocycles. The molecule has 0 spiro atoms. The second kappa shape index (κ2) is 5.97. The van der Waals surface area contributed by atoms with Crippen LogP contribution in [-0.4, -0.2) is 30.0 Å². The second-order valence-electron chi connectivity index (χ2n) is 3.98. The van der Waals surface area contributed by atoms with Crippen molar-refractivity contribution >= 4 is 37.8 Å². The number of aromatic nitrogens is 2. The third kappa shape index (κ3) is 2.60. The Morgan fingerprint density at radius 2 is 2.00 bits per heavy atom. The van der Waals surface area contributed by atoms with Crippen LogP contribution in [0.1, 0.15) is 10.5 Å². The van der Waals surface area contributed by atoms with Gasteiger partial charge in [0.15, 0.2) is 5.69 Å². The van der Waals surface area contributed by atoms with Gasteiger partial charge in [-0.25, -0.2) is 4.79 Å². The first kappa shape index (κ1) is 15.1. The van der Waals surface area contributed by atoms with E-state index >= 15 is 0 Å². The summed E-state index contributed by atoms with van der Waals surface area (Å²) >= 11 is 6.84. The standard InChI is InChI=1S/C13H12Br2N2O3/c1-17-12(13(18)20-3)10(15)11(16-17)7-4-5-9(19-2)8(14)6-7/h4-6H,1-3H3. The van der Waals surface area contributed by atoms with E-state index in [2.05, 4.69) is 37.0 Å². The van der Waals surface area contributed by atoms with Gasteiger partial charge in [0.2, 0.25) is 0 Å². The summed E-state index contributed by atoms with van der Waals surface area (Å²) in [5.74, 6) is 0.291. The molecule has 0 N–H and O–H groups in total. The predicted molar refractivity (Wildman–Crippen MR) is 81.9 cm³/mol. The zero-order valence-electron chi connectivity index (χ0n) is 11.1. The average molecular weight is 404 g/mol. The summed E-state index contributed by atoms with van der Waals surface area (Å²) in [6.07, 6.45) is 0. The molecule has 1 aromatic heterocycles. The molecule has 5 nitrogen and oxygen atoms in total. The van der Waals surface area contributed by atoms with Crippen molar-refractivity contribution in [3.63, 3.8) is 0 Å². The molecule has 0 aliphatic rings. The Kier molecular flexibility index (Phi) is 4.49. The van der Waals surface area contributed by atoms with E-state index in [1.54, 1.807) is 14.2 Å². The molecule has 106 valence electrons. The van der Waals surface area contributed by atoms with Crippen LogP contribution < -0.4 is 4.74 Å². The number of hydrogen-bond donors (Lipinski definition) is 0. The molecular formula is C13H12Br2N2O3. The normalized spacial score (nSPS) is 10.4. The van der Waals surface area contributed by atoms with Crippen LogP contribution in [0, 0.1) is 0 Å². The van der Waals surface area contributed by atoms with E-state index in [0.29, 0.717) is 15.9 Å². The molecule has 0 saturated heterocycles. The van der Waals surface area contributed by atoms with E-state index < -0.39 is 5.97 Å². The van der Waals surface area contributed by atoms with Crippen LogP contribution in [0.3, 0.4) is 0 Å². The largest absolute Gasteiger partial charge is 0.496 e. The van der Waals surface area contributed by atoms with Crippen LogP contribution in [0.25, 0.3) is 11.3 Å². The third-order valence-electron chi connectivity index (χ3n) is 2.79. The first-order valence-corrected chi connectivity index (χ1v) is 7.23. The van der Waals surface area contributed by atoms with Crippen molar-refractivity contribution in [2.24, 2.45) is 7.05 Å². The van der Waals surface area contributed by atoms with E-state index in [1.807, 2.05) is 18.2 Å². The van der Waals surface area contributed by atoms with Gasteiger partial charge in [0, 0.05) is 12.6 Å². The highest BCUT2D eigenvalue weighted by Gasteiger charge is 2.22. The van der Waals surface area contributed by atoms with Gasteiger partial charge in [0.25, 0.3) is 0 Å². The number of rotatable bonds is 3. The maximum Gasteiger partial charge on any atom is 0.357 e. The maximum atomic E-state index is 11.7. The molecule has 0 unspecified atom stereocenters. The second-order valence-corrected chi connectivity index (χ2v) is 5.62. The minimum atomic E-state index is -0.439. The van der Waals surface area contributed by atoms with Crippen LogP contribution in [-0.2, 0) is 11.8 Å². The lowest BCUT2D eigenvalue weighted by Crippen LogP contribution is -2.08. The highest BCUT2D eigenvalue weighted by atomic mass is 79.9. The minimum Gasteiger partial charge on any atom is -0.496 e. The molecule has 2 rings (SSSR count). The van der Waals surface area contributed by atoms with Crippen molar-refractivity contribution in [2.45, 2.75) is 0 Å². The number of benzene rings is 1. The quantitative estimate of drug-likeness (QED) is 0.737. The number of aryl methyl sites for hydroxylation is 1. The number of esters is 1. The van der Waals surface area contributed by atoms with Gasteiger partial charge in [-0.05, 0) is 50.1 Å². The first-order valence-electron chi connectivity index (χ1n) is 5.64. The molecular weight excluding hydrogens is 392 g/mol. The van der Waals surface area contributed by atoms with E-state index in [-0.39, 0.29) is 0 Å². The SMILES string of the molecule is COC(=O)c1c(Br)c(-c2ccc(OC)c(Br)c2)nn1C. The lowest BCUT2D eigenvalue weighted by atomic mass is 10.1. The van der Waals surface area contributed by atoms with Gasteiger partial charge < -0.3 is 9.47 Å². The molecule has 0 bridgehead atoms. The highest BCUT2D eigenvalue weighted by Crippen LogP contribution is 2.34. The summed E-state index contributed by atoms with van der Waals surface area (Å²) < 4.78 is 12.8. The minimum absolute atomic E-state index is 0.370. The van der Waals surface area contributed by atoms with Crippen molar-refractivity contribution in [1.29, 1.82) is 0 Å². The first-order chi connectivity index (χ1) is 9.49. The summed E-state index contributed by atoms with van der Waals surface area (Å²) in [6, 6.07) is 5.59. The topological polar surface area (TPSA) is 53.4 Å². The average Bonchev–Trinajstić information content (AvgIpc) is 2.73. The summed E-state index contributed by atoms with van der Waals surface area (Å²) in [5, 5.41) is 4.35. The number of ether oxygens (including phenoxy) is 2. The van der Waals surface area contributed by atoms with E-state index in [9.17, 15) is 4.79 Å². The number of methoxy groups -OCH3 is 2. The summed E-state index contributed by atoms with van der Waals surface area (Å²) in [6.45, 7) is 0. The van der Waals surface area contributed by atoms with Crippen LogP contribution in [0.4, 0.5) is 0 Å². The van der Waals surface area contributed by atoms with Crippen LogP contribution in [0.5, 0.6) is 5.75 Å². The molecule has 0 aliphatic carbocycles. The number of halogens is 2. The summed E-state index contributed by atoms with van der Waals surface area (Å²) in [5.41, 5.74) is 1.89. The van der Waals surface area contributed by atoms with Crippen molar-refractivity contribution in [3.05, 3.63) is 32.8 Å². The molecule has 7 heteroatoms. The van der Waals surface area contributed by atoms with Crippen LogP contribution in [0.2, 0.25) is 0 Å². The Bertz CT molecular complexity index is 668. The number of hydrogen-bond acceptors (Lipinski definition) is 4. The number of carbonyl (C=O) groups is 1. The Labute approximate surface area is 133 Å². The lowest BCUT2D eigenvalue weighted by Gasteiger charge is -2.05. The zero-order chi connectivity index (χ0) is 14.9. The third-order valence-corrected chi connectivity index (χ3v) is 4.16. The van der Waals surface area contributed by atoms with E-state index in [4.69, 9.17) is 9.47 Å². The monoisotopic (exact) mass is 402 g/mol. The Morgan fingerprint density at radius 3 is 2.55 bits per heavy atom. The van der Waals surface area contributed by atoms with Crippen molar-refractivity contribution in [1.82, 2.24) is 9.78 Å². The lowest BCUT2D eigenvalue weighted by molar-refractivity contribution is 0.0587. The van der Waals surface area contributed by atoms with Crippen LogP contribution >= 0.6 is 31.9 Å². The molecule has 0 aliphatic heterocycles. The van der Waals surface area contributed by atoms with Gasteiger partial charge in [-0.15, -0.1) is 0 Å². The molecule has 2 aromatic rings. The van der Waals surface area contributed by atoms with Crippen molar-refractivity contribution in [2.75, 3.05) is 14.2 Å². The van der Waals surface area contributed by atoms with Gasteiger partial charge in [-0.2, -0.15) is 5.10 Å². The summed E-state index contributed by atoms with van der Waals surface area (Å²) in [4.78, 5) is 11.7.